The lowest BCUT2D eigenvalue weighted by atomic mass is 10.0. The highest BCUT2D eigenvalue weighted by molar-refractivity contribution is 5.94. The first-order valence-corrected chi connectivity index (χ1v) is 13.8. The molecule has 0 spiro atoms. The first-order chi connectivity index (χ1) is 19.0. The SMILES string of the molecule is C=CC(=O)N1CCN(c2nc(OC[C@H]3C[C@H](O)CN3C)nc3c2CCN(c2cccc4ccccc24)C3)CC1. The molecular formula is C30H36N6O3. The maximum absolute atomic E-state index is 12.1. The van der Waals surface area contributed by atoms with Gasteiger partial charge in [0.15, 0.2) is 0 Å². The number of amides is 1. The quantitative estimate of drug-likeness (QED) is 0.489. The van der Waals surface area contributed by atoms with Gasteiger partial charge in [0.1, 0.15) is 12.4 Å². The van der Waals surface area contributed by atoms with Crippen molar-refractivity contribution < 1.29 is 14.6 Å². The maximum Gasteiger partial charge on any atom is 0.318 e. The van der Waals surface area contributed by atoms with Gasteiger partial charge >= 0.3 is 6.01 Å². The summed E-state index contributed by atoms with van der Waals surface area (Å²) in [7, 11) is 2.01. The number of β-amino-alcohol motifs (C(OH)–C–C–N with tert-alkyl or cyclic N) is 1. The van der Waals surface area contributed by atoms with Crippen LogP contribution in [0.4, 0.5) is 11.5 Å². The fourth-order valence-corrected chi connectivity index (χ4v) is 6.09. The normalized spacial score (nSPS) is 21.7. The molecule has 1 amide bonds. The van der Waals surface area contributed by atoms with Crippen LogP contribution in [-0.4, -0.2) is 95.9 Å². The molecule has 1 aromatic heterocycles. The minimum absolute atomic E-state index is 0.0306. The molecule has 3 aliphatic heterocycles. The van der Waals surface area contributed by atoms with Crippen molar-refractivity contribution in [1.82, 2.24) is 19.8 Å². The molecule has 2 saturated heterocycles. The van der Waals surface area contributed by atoms with Gasteiger partial charge in [-0.25, -0.2) is 0 Å². The first kappa shape index (κ1) is 25.6. The lowest BCUT2D eigenvalue weighted by Crippen LogP contribution is -2.49. The molecule has 4 heterocycles. The monoisotopic (exact) mass is 528 g/mol. The molecule has 204 valence electrons. The van der Waals surface area contributed by atoms with Crippen molar-refractivity contribution in [3.05, 3.63) is 66.4 Å². The van der Waals surface area contributed by atoms with Crippen molar-refractivity contribution in [2.24, 2.45) is 0 Å². The third kappa shape index (κ3) is 5.16. The number of hydrogen-bond donors (Lipinski definition) is 1. The number of aliphatic hydroxyl groups excluding tert-OH is 1. The third-order valence-electron chi connectivity index (χ3n) is 8.27. The number of ether oxygens (including phenoxy) is 1. The molecule has 1 N–H and O–H groups in total. The summed E-state index contributed by atoms with van der Waals surface area (Å²) >= 11 is 0. The molecule has 2 atom stereocenters. The Morgan fingerprint density at radius 3 is 2.64 bits per heavy atom. The van der Waals surface area contributed by atoms with E-state index in [9.17, 15) is 9.90 Å². The van der Waals surface area contributed by atoms with Crippen molar-refractivity contribution in [3.63, 3.8) is 0 Å². The molecule has 0 aliphatic carbocycles. The number of likely N-dealkylation sites (tertiary alicyclic amines) is 1. The number of piperazine rings is 1. The summed E-state index contributed by atoms with van der Waals surface area (Å²) in [5, 5.41) is 12.5. The van der Waals surface area contributed by atoms with Crippen LogP contribution in [0.1, 0.15) is 17.7 Å². The molecule has 3 aromatic rings. The summed E-state index contributed by atoms with van der Waals surface area (Å²) in [6.07, 6.45) is 2.57. The van der Waals surface area contributed by atoms with Gasteiger partial charge in [-0.15, -0.1) is 0 Å². The maximum atomic E-state index is 12.1. The molecule has 0 bridgehead atoms. The van der Waals surface area contributed by atoms with E-state index in [-0.39, 0.29) is 18.1 Å². The Balaban J connectivity index is 1.29. The number of anilines is 2. The van der Waals surface area contributed by atoms with Crippen LogP contribution < -0.4 is 14.5 Å². The number of aromatic nitrogens is 2. The molecule has 0 unspecified atom stereocenters. The second kappa shape index (κ2) is 10.8. The van der Waals surface area contributed by atoms with Gasteiger partial charge in [0.2, 0.25) is 5.91 Å². The minimum Gasteiger partial charge on any atom is -0.462 e. The van der Waals surface area contributed by atoms with Gasteiger partial charge in [-0.3, -0.25) is 9.69 Å². The number of fused-ring (bicyclic) bond motifs is 2. The fraction of sp³-hybridized carbons (Fsp3) is 0.433. The van der Waals surface area contributed by atoms with Crippen LogP contribution in [0, 0.1) is 0 Å². The number of benzene rings is 2. The van der Waals surface area contributed by atoms with Crippen molar-refractivity contribution >= 4 is 28.2 Å². The number of hydrogen-bond acceptors (Lipinski definition) is 8. The molecule has 0 saturated carbocycles. The van der Waals surface area contributed by atoms with E-state index in [0.717, 1.165) is 30.0 Å². The van der Waals surface area contributed by atoms with Crippen LogP contribution in [0.25, 0.3) is 10.8 Å². The van der Waals surface area contributed by atoms with E-state index in [4.69, 9.17) is 14.7 Å². The van der Waals surface area contributed by atoms with Gasteiger partial charge in [0.25, 0.3) is 0 Å². The topological polar surface area (TPSA) is 85.3 Å². The highest BCUT2D eigenvalue weighted by atomic mass is 16.5. The van der Waals surface area contributed by atoms with E-state index in [2.05, 4.69) is 63.7 Å². The zero-order valence-corrected chi connectivity index (χ0v) is 22.5. The molecule has 39 heavy (non-hydrogen) atoms. The van der Waals surface area contributed by atoms with Crippen LogP contribution >= 0.6 is 0 Å². The van der Waals surface area contributed by atoms with Crippen molar-refractivity contribution in [2.45, 2.75) is 31.5 Å². The summed E-state index contributed by atoms with van der Waals surface area (Å²) in [6.45, 7) is 8.92. The Labute approximate surface area is 229 Å². The number of carbonyl (C=O) groups is 1. The summed E-state index contributed by atoms with van der Waals surface area (Å²) in [4.78, 5) is 30.6. The highest BCUT2D eigenvalue weighted by Gasteiger charge is 2.31. The molecule has 3 aliphatic rings. The first-order valence-electron chi connectivity index (χ1n) is 13.8. The number of carbonyl (C=O) groups excluding carboxylic acids is 1. The summed E-state index contributed by atoms with van der Waals surface area (Å²) < 4.78 is 6.20. The van der Waals surface area contributed by atoms with Gasteiger partial charge in [-0.1, -0.05) is 43.0 Å². The van der Waals surface area contributed by atoms with E-state index in [1.54, 1.807) is 0 Å². The number of likely N-dealkylation sites (N-methyl/N-ethyl adjacent to an activating group) is 1. The molecule has 9 nitrogen and oxygen atoms in total. The molecular weight excluding hydrogens is 492 g/mol. The van der Waals surface area contributed by atoms with E-state index in [1.807, 2.05) is 11.9 Å². The van der Waals surface area contributed by atoms with Crippen molar-refractivity contribution in [1.29, 1.82) is 0 Å². The number of aliphatic hydroxyl groups is 1. The van der Waals surface area contributed by atoms with Gasteiger partial charge in [-0.05, 0) is 37.4 Å². The van der Waals surface area contributed by atoms with Crippen LogP contribution in [0.5, 0.6) is 6.01 Å². The van der Waals surface area contributed by atoms with Crippen LogP contribution in [-0.2, 0) is 17.8 Å². The molecule has 6 rings (SSSR count). The Hall–Kier alpha value is -3.69. The molecule has 0 radical (unpaired) electrons. The fourth-order valence-electron chi connectivity index (χ4n) is 6.09. The predicted molar refractivity (Wildman–Crippen MR) is 152 cm³/mol. The van der Waals surface area contributed by atoms with Crippen LogP contribution in [0.15, 0.2) is 55.1 Å². The van der Waals surface area contributed by atoms with Crippen molar-refractivity contribution in [3.8, 4) is 6.01 Å². The lowest BCUT2D eigenvalue weighted by Gasteiger charge is -2.38. The Bertz CT molecular complexity index is 1370. The Morgan fingerprint density at radius 1 is 1.08 bits per heavy atom. The van der Waals surface area contributed by atoms with Gasteiger partial charge in [0.05, 0.1) is 18.3 Å². The van der Waals surface area contributed by atoms with E-state index >= 15 is 0 Å². The largest absolute Gasteiger partial charge is 0.462 e. The summed E-state index contributed by atoms with van der Waals surface area (Å²) in [6, 6.07) is 15.4. The average Bonchev–Trinajstić information content (AvgIpc) is 3.30. The number of rotatable bonds is 6. The van der Waals surface area contributed by atoms with E-state index < -0.39 is 0 Å². The highest BCUT2D eigenvalue weighted by Crippen LogP contribution is 2.34. The van der Waals surface area contributed by atoms with Crippen LogP contribution in [0.2, 0.25) is 0 Å². The Kier molecular flexibility index (Phi) is 7.10. The third-order valence-corrected chi connectivity index (χ3v) is 8.27. The zero-order valence-electron chi connectivity index (χ0n) is 22.5. The zero-order chi connectivity index (χ0) is 26.9. The van der Waals surface area contributed by atoms with Crippen LogP contribution in [0.3, 0.4) is 0 Å². The summed E-state index contributed by atoms with van der Waals surface area (Å²) in [5.41, 5.74) is 3.36. The minimum atomic E-state index is -0.326. The second-order valence-electron chi connectivity index (χ2n) is 10.7. The lowest BCUT2D eigenvalue weighted by molar-refractivity contribution is -0.126. The number of nitrogens with zero attached hydrogens (tertiary/aromatic N) is 6. The summed E-state index contributed by atoms with van der Waals surface area (Å²) in [5.74, 6) is 0.884. The molecule has 9 heteroatoms. The van der Waals surface area contributed by atoms with Gasteiger partial charge < -0.3 is 24.5 Å². The van der Waals surface area contributed by atoms with Crippen molar-refractivity contribution in [2.75, 3.05) is 62.7 Å². The standard InChI is InChI=1S/C30H36N6O3/c1-3-28(38)34-13-15-35(16-14-34)29-25-11-12-36(27-10-6-8-21-7-4-5-9-24(21)27)19-26(25)31-30(32-29)39-20-22-17-23(37)18-33(22)2/h3-10,22-23,37H,1,11-20H2,2H3/t22-,23+/m1/s1. The van der Waals surface area contributed by atoms with Gasteiger partial charge in [0, 0.05) is 61.9 Å². The van der Waals surface area contributed by atoms with E-state index in [0.29, 0.717) is 58.3 Å². The average molecular weight is 529 g/mol. The molecule has 2 aromatic carbocycles. The predicted octanol–water partition coefficient (Wildman–Crippen LogP) is 2.47. The van der Waals surface area contributed by atoms with Gasteiger partial charge in [-0.2, -0.15) is 9.97 Å². The smallest absolute Gasteiger partial charge is 0.318 e. The molecule has 2 fully saturated rings. The van der Waals surface area contributed by atoms with E-state index in [1.165, 1.54) is 22.5 Å². The Morgan fingerprint density at radius 2 is 1.87 bits per heavy atom. The second-order valence-corrected chi connectivity index (χ2v) is 10.7.